The molecule has 1 aliphatic rings. The third-order valence-electron chi connectivity index (χ3n) is 3.15. The highest BCUT2D eigenvalue weighted by Gasteiger charge is 2.32. The van der Waals surface area contributed by atoms with E-state index in [1.54, 1.807) is 4.68 Å². The monoisotopic (exact) mass is 297 g/mol. The molecule has 1 amide bonds. The molecule has 20 heavy (non-hydrogen) atoms. The van der Waals surface area contributed by atoms with Crippen LogP contribution in [0.25, 0.3) is 0 Å². The third kappa shape index (κ3) is 3.94. The fraction of sp³-hybridized carbons (Fsp3) is 0.846. The smallest absolute Gasteiger partial charge is 0.233 e. The molecular formula is C13H23N5OS. The minimum atomic E-state index is 0.199. The summed E-state index contributed by atoms with van der Waals surface area (Å²) in [4.78, 5) is 14.4. The Bertz CT molecular complexity index is 455. The van der Waals surface area contributed by atoms with Crippen molar-refractivity contribution in [3.05, 3.63) is 0 Å². The van der Waals surface area contributed by atoms with Crippen molar-refractivity contribution in [1.82, 2.24) is 25.1 Å². The summed E-state index contributed by atoms with van der Waals surface area (Å²) in [6.07, 6.45) is 2.29. The molecule has 1 aromatic rings. The SMILES string of the molecule is CC(C)CN(C(=O)CSc1nnnn1C(C)C)C1CC1. The summed E-state index contributed by atoms with van der Waals surface area (Å²) in [6.45, 7) is 9.19. The predicted molar refractivity (Wildman–Crippen MR) is 78.5 cm³/mol. The van der Waals surface area contributed by atoms with Gasteiger partial charge in [0, 0.05) is 12.6 Å². The lowest BCUT2D eigenvalue weighted by Crippen LogP contribution is -2.37. The highest BCUT2D eigenvalue weighted by molar-refractivity contribution is 7.99. The molecule has 1 heterocycles. The number of tetrazole rings is 1. The van der Waals surface area contributed by atoms with Gasteiger partial charge in [0.05, 0.1) is 11.8 Å². The van der Waals surface area contributed by atoms with Crippen molar-refractivity contribution in [2.75, 3.05) is 12.3 Å². The molecule has 0 aliphatic heterocycles. The number of carbonyl (C=O) groups excluding carboxylic acids is 1. The summed E-state index contributed by atoms with van der Waals surface area (Å²) in [5.41, 5.74) is 0. The van der Waals surface area contributed by atoms with Gasteiger partial charge in [0.15, 0.2) is 0 Å². The van der Waals surface area contributed by atoms with E-state index < -0.39 is 0 Å². The van der Waals surface area contributed by atoms with Crippen LogP contribution in [0.15, 0.2) is 5.16 Å². The zero-order valence-electron chi connectivity index (χ0n) is 12.6. The Hall–Kier alpha value is -1.11. The van der Waals surface area contributed by atoms with Crippen molar-refractivity contribution >= 4 is 17.7 Å². The number of thioether (sulfide) groups is 1. The fourth-order valence-corrected chi connectivity index (χ4v) is 2.94. The van der Waals surface area contributed by atoms with Crippen LogP contribution in [0.5, 0.6) is 0 Å². The normalized spacial score (nSPS) is 15.1. The summed E-state index contributed by atoms with van der Waals surface area (Å²) in [5, 5.41) is 12.3. The maximum Gasteiger partial charge on any atom is 0.233 e. The lowest BCUT2D eigenvalue weighted by atomic mass is 10.2. The minimum absolute atomic E-state index is 0.199. The van der Waals surface area contributed by atoms with Crippen LogP contribution in [-0.4, -0.2) is 49.4 Å². The highest BCUT2D eigenvalue weighted by Crippen LogP contribution is 2.29. The number of hydrogen-bond donors (Lipinski definition) is 0. The number of rotatable bonds is 7. The lowest BCUT2D eigenvalue weighted by molar-refractivity contribution is -0.129. The van der Waals surface area contributed by atoms with E-state index in [1.165, 1.54) is 11.8 Å². The number of hydrogen-bond acceptors (Lipinski definition) is 5. The summed E-state index contributed by atoms with van der Waals surface area (Å²) in [6, 6.07) is 0.671. The first-order valence-electron chi connectivity index (χ1n) is 7.19. The Balaban J connectivity index is 1.91. The molecule has 0 bridgehead atoms. The largest absolute Gasteiger partial charge is 0.339 e. The van der Waals surface area contributed by atoms with Crippen molar-refractivity contribution in [2.24, 2.45) is 5.92 Å². The van der Waals surface area contributed by atoms with E-state index in [4.69, 9.17) is 0 Å². The first kappa shape index (κ1) is 15.3. The van der Waals surface area contributed by atoms with Crippen molar-refractivity contribution < 1.29 is 4.79 Å². The van der Waals surface area contributed by atoms with Crippen LogP contribution in [0.1, 0.15) is 46.6 Å². The van der Waals surface area contributed by atoms with Gasteiger partial charge < -0.3 is 4.90 Å². The van der Waals surface area contributed by atoms with Crippen molar-refractivity contribution in [3.63, 3.8) is 0 Å². The van der Waals surface area contributed by atoms with Gasteiger partial charge in [-0.25, -0.2) is 4.68 Å². The van der Waals surface area contributed by atoms with Gasteiger partial charge >= 0.3 is 0 Å². The van der Waals surface area contributed by atoms with Crippen LogP contribution in [0.2, 0.25) is 0 Å². The number of nitrogens with zero attached hydrogens (tertiary/aromatic N) is 5. The quantitative estimate of drug-likeness (QED) is 0.720. The second-order valence-corrected chi connectivity index (χ2v) is 6.90. The van der Waals surface area contributed by atoms with Gasteiger partial charge in [-0.05, 0) is 43.0 Å². The van der Waals surface area contributed by atoms with Crippen molar-refractivity contribution in [3.8, 4) is 0 Å². The standard InChI is InChI=1S/C13H23N5OS/c1-9(2)7-17(11-5-6-11)12(19)8-20-13-14-15-16-18(13)10(3)4/h9-11H,5-8H2,1-4H3. The third-order valence-corrected chi connectivity index (χ3v) is 4.06. The molecule has 0 spiro atoms. The Kier molecular flexibility index (Phi) is 5.01. The summed E-state index contributed by atoms with van der Waals surface area (Å²) < 4.78 is 1.75. The van der Waals surface area contributed by atoms with E-state index in [0.717, 1.165) is 19.4 Å². The van der Waals surface area contributed by atoms with Gasteiger partial charge in [-0.15, -0.1) is 5.10 Å². The Morgan fingerprint density at radius 3 is 2.65 bits per heavy atom. The molecule has 7 heteroatoms. The predicted octanol–water partition coefficient (Wildman–Crippen LogP) is 1.99. The maximum atomic E-state index is 12.4. The van der Waals surface area contributed by atoms with Crippen LogP contribution < -0.4 is 0 Å². The molecule has 0 aromatic carbocycles. The second-order valence-electron chi connectivity index (χ2n) is 5.96. The Morgan fingerprint density at radius 2 is 2.10 bits per heavy atom. The molecule has 6 nitrogen and oxygen atoms in total. The molecule has 1 saturated carbocycles. The highest BCUT2D eigenvalue weighted by atomic mass is 32.2. The number of amides is 1. The molecule has 0 saturated heterocycles. The maximum absolute atomic E-state index is 12.4. The van der Waals surface area contributed by atoms with Crippen LogP contribution in [0.3, 0.4) is 0 Å². The molecule has 0 unspecified atom stereocenters. The molecule has 1 aliphatic carbocycles. The molecule has 0 radical (unpaired) electrons. The van der Waals surface area contributed by atoms with E-state index in [-0.39, 0.29) is 11.9 Å². The zero-order valence-corrected chi connectivity index (χ0v) is 13.4. The van der Waals surface area contributed by atoms with E-state index in [1.807, 2.05) is 18.7 Å². The molecule has 0 atom stereocenters. The Morgan fingerprint density at radius 1 is 1.40 bits per heavy atom. The van der Waals surface area contributed by atoms with Gasteiger partial charge in [-0.1, -0.05) is 25.6 Å². The molecule has 0 N–H and O–H groups in total. The van der Waals surface area contributed by atoms with Crippen LogP contribution >= 0.6 is 11.8 Å². The van der Waals surface area contributed by atoms with Crippen LogP contribution in [0.4, 0.5) is 0 Å². The number of aromatic nitrogens is 4. The van der Waals surface area contributed by atoms with E-state index >= 15 is 0 Å². The van der Waals surface area contributed by atoms with Crippen LogP contribution in [0, 0.1) is 5.92 Å². The zero-order chi connectivity index (χ0) is 14.7. The van der Waals surface area contributed by atoms with E-state index in [2.05, 4.69) is 29.4 Å². The minimum Gasteiger partial charge on any atom is -0.339 e. The lowest BCUT2D eigenvalue weighted by Gasteiger charge is -2.24. The first-order chi connectivity index (χ1) is 9.49. The summed E-state index contributed by atoms with van der Waals surface area (Å²) >= 11 is 1.43. The topological polar surface area (TPSA) is 63.9 Å². The average molecular weight is 297 g/mol. The van der Waals surface area contributed by atoms with Crippen LogP contribution in [-0.2, 0) is 4.79 Å². The van der Waals surface area contributed by atoms with E-state index in [0.29, 0.717) is 22.9 Å². The van der Waals surface area contributed by atoms with Gasteiger partial charge in [0.1, 0.15) is 0 Å². The molecule has 2 rings (SSSR count). The molecule has 112 valence electrons. The summed E-state index contributed by atoms with van der Waals surface area (Å²) in [5.74, 6) is 1.12. The molecular weight excluding hydrogens is 274 g/mol. The average Bonchev–Trinajstić information content (AvgIpc) is 3.10. The molecule has 1 fully saturated rings. The van der Waals surface area contributed by atoms with E-state index in [9.17, 15) is 4.79 Å². The molecule has 1 aromatic heterocycles. The van der Waals surface area contributed by atoms with Crippen molar-refractivity contribution in [2.45, 2.75) is 57.8 Å². The van der Waals surface area contributed by atoms with Gasteiger partial charge in [-0.3, -0.25) is 4.79 Å². The van der Waals surface area contributed by atoms with Crippen molar-refractivity contribution in [1.29, 1.82) is 0 Å². The Labute approximate surface area is 124 Å². The first-order valence-corrected chi connectivity index (χ1v) is 8.17. The fourth-order valence-electron chi connectivity index (χ4n) is 2.05. The number of carbonyl (C=O) groups is 1. The van der Waals surface area contributed by atoms with Gasteiger partial charge in [0.2, 0.25) is 11.1 Å². The van der Waals surface area contributed by atoms with Gasteiger partial charge in [-0.2, -0.15) is 0 Å². The van der Waals surface area contributed by atoms with Gasteiger partial charge in [0.25, 0.3) is 0 Å². The summed E-state index contributed by atoms with van der Waals surface area (Å²) in [7, 11) is 0. The second kappa shape index (κ2) is 6.56.